The monoisotopic (exact) mass is 519 g/mol. The van der Waals surface area contributed by atoms with Gasteiger partial charge in [-0.2, -0.15) is 0 Å². The number of rotatable bonds is 10. The first-order chi connectivity index (χ1) is 17.0. The van der Waals surface area contributed by atoms with Crippen molar-refractivity contribution in [3.8, 4) is 11.5 Å². The van der Waals surface area contributed by atoms with E-state index in [9.17, 15) is 14.7 Å². The minimum absolute atomic E-state index is 0.0249. The van der Waals surface area contributed by atoms with E-state index in [0.717, 1.165) is 11.1 Å². The van der Waals surface area contributed by atoms with Crippen LogP contribution in [0.2, 0.25) is 5.02 Å². The third-order valence-corrected chi connectivity index (χ3v) is 5.63. The molecule has 0 aromatic heterocycles. The molecule has 36 heavy (non-hydrogen) atoms. The molecule has 0 saturated heterocycles. The fraction of sp³-hybridized carbons (Fsp3) is 0.481. The van der Waals surface area contributed by atoms with Gasteiger partial charge in [0.25, 0.3) is 0 Å². The van der Waals surface area contributed by atoms with Crippen LogP contribution in [0.3, 0.4) is 0 Å². The summed E-state index contributed by atoms with van der Waals surface area (Å²) in [6.07, 6.45) is -3.39. The van der Waals surface area contributed by atoms with E-state index >= 15 is 0 Å². The number of carbonyl (C=O) groups is 2. The fourth-order valence-corrected chi connectivity index (χ4v) is 3.98. The van der Waals surface area contributed by atoms with Crippen molar-refractivity contribution in [2.24, 2.45) is 0 Å². The maximum atomic E-state index is 12.7. The highest BCUT2D eigenvalue weighted by Crippen LogP contribution is 2.36. The summed E-state index contributed by atoms with van der Waals surface area (Å²) < 4.78 is 22.3. The summed E-state index contributed by atoms with van der Waals surface area (Å²) in [5.74, 6) is -0.702. The molecule has 0 aliphatic carbocycles. The third-order valence-electron chi connectivity index (χ3n) is 5.39. The number of ether oxygens (including phenoxy) is 4. The lowest BCUT2D eigenvalue weighted by Crippen LogP contribution is -2.51. The summed E-state index contributed by atoms with van der Waals surface area (Å²) in [5, 5.41) is 14.3. The van der Waals surface area contributed by atoms with Crippen LogP contribution in [0.25, 0.3) is 0 Å². The Kier molecular flexibility index (Phi) is 9.59. The van der Waals surface area contributed by atoms with Crippen LogP contribution in [0.4, 0.5) is 0 Å². The molecule has 2 aromatic carbocycles. The van der Waals surface area contributed by atoms with Gasteiger partial charge in [-0.05, 0) is 76.4 Å². The molecule has 0 radical (unpaired) electrons. The highest BCUT2D eigenvalue weighted by atomic mass is 35.5. The number of hydrogen-bond acceptors (Lipinski definition) is 8. The molecule has 0 fully saturated rings. The van der Waals surface area contributed by atoms with Crippen molar-refractivity contribution in [2.75, 3.05) is 6.54 Å². The maximum absolute atomic E-state index is 12.7. The fourth-order valence-electron chi connectivity index (χ4n) is 3.78. The van der Waals surface area contributed by atoms with Crippen molar-refractivity contribution < 1.29 is 33.6 Å². The van der Waals surface area contributed by atoms with Crippen molar-refractivity contribution in [2.45, 2.75) is 77.6 Å². The molecule has 0 spiro atoms. The molecule has 2 aromatic rings. The van der Waals surface area contributed by atoms with Crippen molar-refractivity contribution in [1.29, 1.82) is 0 Å². The van der Waals surface area contributed by atoms with E-state index in [1.54, 1.807) is 58.0 Å². The van der Waals surface area contributed by atoms with Crippen LogP contribution < -0.4 is 14.8 Å². The van der Waals surface area contributed by atoms with Gasteiger partial charge in [0.05, 0.1) is 18.3 Å². The van der Waals surface area contributed by atoms with E-state index in [1.165, 1.54) is 0 Å². The number of benzene rings is 2. The minimum atomic E-state index is -1.29. The summed E-state index contributed by atoms with van der Waals surface area (Å²) in [6.45, 7) is 9.22. The molecule has 0 amide bonds. The van der Waals surface area contributed by atoms with Gasteiger partial charge in [-0.25, -0.2) is 9.59 Å². The number of aliphatic hydroxyl groups excluding tert-OH is 1. The highest BCUT2D eigenvalue weighted by molar-refractivity contribution is 6.30. The Morgan fingerprint density at radius 3 is 2.14 bits per heavy atom. The van der Waals surface area contributed by atoms with Gasteiger partial charge in [0.2, 0.25) is 12.2 Å². The van der Waals surface area contributed by atoms with E-state index in [4.69, 9.17) is 30.5 Å². The zero-order valence-corrected chi connectivity index (χ0v) is 22.0. The number of carbonyl (C=O) groups excluding carboxylic acids is 2. The molecular formula is C27H34ClNO7. The molecule has 0 bridgehead atoms. The second-order valence-corrected chi connectivity index (χ2v) is 9.85. The quantitative estimate of drug-likeness (QED) is 0.454. The second-order valence-electron chi connectivity index (χ2n) is 9.41. The molecule has 8 nitrogen and oxygen atoms in total. The van der Waals surface area contributed by atoms with Crippen LogP contribution in [0.1, 0.15) is 51.8 Å². The van der Waals surface area contributed by atoms with Gasteiger partial charge in [0, 0.05) is 17.6 Å². The lowest BCUT2D eigenvalue weighted by Gasteiger charge is -2.32. The van der Waals surface area contributed by atoms with Crippen LogP contribution in [0, 0.1) is 0 Å². The largest absolute Gasteiger partial charge is 0.470 e. The molecular weight excluding hydrogens is 486 g/mol. The Morgan fingerprint density at radius 1 is 0.944 bits per heavy atom. The lowest BCUT2D eigenvalue weighted by molar-refractivity contribution is -0.175. The Hall–Kier alpha value is -2.81. The first-order valence-corrected chi connectivity index (χ1v) is 12.5. The van der Waals surface area contributed by atoms with Crippen LogP contribution in [-0.2, 0) is 25.5 Å². The average Bonchev–Trinajstić information content (AvgIpc) is 2.80. The zero-order chi connectivity index (χ0) is 26.4. The molecule has 4 atom stereocenters. The molecule has 196 valence electrons. The summed E-state index contributed by atoms with van der Waals surface area (Å²) in [7, 11) is 0. The summed E-state index contributed by atoms with van der Waals surface area (Å²) in [6, 6.07) is 12.5. The Balaban J connectivity index is 1.68. The smallest absolute Gasteiger partial charge is 0.352 e. The molecule has 9 heteroatoms. The predicted molar refractivity (Wildman–Crippen MR) is 135 cm³/mol. The van der Waals surface area contributed by atoms with E-state index in [0.29, 0.717) is 29.5 Å². The normalized spacial score (nSPS) is 18.6. The Morgan fingerprint density at radius 2 is 1.56 bits per heavy atom. The molecule has 1 heterocycles. The Labute approximate surface area is 216 Å². The molecule has 4 unspecified atom stereocenters. The standard InChI is InChI=1S/C27H34ClNO7/c1-15(2)33-26(31)24-25(27(32)34-16(3)4)36-23-12-18(9-10-22(23)35-24)11-17(5)29-14-21(30)19-7-6-8-20(28)13-19/h6-10,12-13,15-17,21,24-25,29-30H,11,14H2,1-5H3. The van der Waals surface area contributed by atoms with Gasteiger partial charge in [-0.15, -0.1) is 0 Å². The minimum Gasteiger partial charge on any atom is -0.470 e. The lowest BCUT2D eigenvalue weighted by atomic mass is 10.0. The van der Waals surface area contributed by atoms with Crippen LogP contribution in [0.5, 0.6) is 11.5 Å². The van der Waals surface area contributed by atoms with E-state index in [2.05, 4.69) is 5.32 Å². The molecule has 3 rings (SSSR count). The second kappa shape index (κ2) is 12.4. The van der Waals surface area contributed by atoms with Crippen LogP contribution in [-0.4, -0.2) is 54.0 Å². The summed E-state index contributed by atoms with van der Waals surface area (Å²) >= 11 is 6.01. The van der Waals surface area contributed by atoms with Gasteiger partial charge in [0.15, 0.2) is 11.5 Å². The third kappa shape index (κ3) is 7.59. The SMILES string of the molecule is CC(Cc1ccc2c(c1)OC(C(=O)OC(C)C)C(C(=O)OC(C)C)O2)NCC(O)c1cccc(Cl)c1. The summed E-state index contributed by atoms with van der Waals surface area (Å²) in [4.78, 5) is 25.3. The van der Waals surface area contributed by atoms with Crippen LogP contribution in [0.15, 0.2) is 42.5 Å². The van der Waals surface area contributed by atoms with Crippen LogP contribution >= 0.6 is 11.6 Å². The number of esters is 2. The number of fused-ring (bicyclic) bond motifs is 1. The number of hydrogen-bond donors (Lipinski definition) is 2. The van der Waals surface area contributed by atoms with E-state index < -0.39 is 30.3 Å². The molecule has 1 aliphatic heterocycles. The number of halogens is 1. The van der Waals surface area contributed by atoms with Crippen molar-refractivity contribution >= 4 is 23.5 Å². The molecule has 0 saturated carbocycles. The molecule has 2 N–H and O–H groups in total. The van der Waals surface area contributed by atoms with E-state index in [-0.39, 0.29) is 18.2 Å². The average molecular weight is 520 g/mol. The van der Waals surface area contributed by atoms with Gasteiger partial charge >= 0.3 is 11.9 Å². The van der Waals surface area contributed by atoms with Crippen molar-refractivity contribution in [1.82, 2.24) is 5.32 Å². The Bertz CT molecular complexity index is 1060. The zero-order valence-electron chi connectivity index (χ0n) is 21.2. The topological polar surface area (TPSA) is 103 Å². The number of aliphatic hydroxyl groups is 1. The van der Waals surface area contributed by atoms with E-state index in [1.807, 2.05) is 19.1 Å². The first-order valence-electron chi connectivity index (χ1n) is 12.1. The predicted octanol–water partition coefficient (Wildman–Crippen LogP) is 4.01. The maximum Gasteiger partial charge on any atom is 0.352 e. The van der Waals surface area contributed by atoms with Gasteiger partial charge in [0.1, 0.15) is 0 Å². The highest BCUT2D eigenvalue weighted by Gasteiger charge is 2.44. The summed E-state index contributed by atoms with van der Waals surface area (Å²) in [5.41, 5.74) is 1.67. The van der Waals surface area contributed by atoms with Gasteiger partial charge < -0.3 is 29.4 Å². The van der Waals surface area contributed by atoms with Crippen molar-refractivity contribution in [3.05, 3.63) is 58.6 Å². The first kappa shape index (κ1) is 27.8. The van der Waals surface area contributed by atoms with Gasteiger partial charge in [-0.3, -0.25) is 0 Å². The molecule has 1 aliphatic rings. The number of nitrogens with one attached hydrogen (secondary N) is 1. The van der Waals surface area contributed by atoms with Gasteiger partial charge in [-0.1, -0.05) is 29.8 Å². The van der Waals surface area contributed by atoms with Crippen molar-refractivity contribution in [3.63, 3.8) is 0 Å².